The number of aliphatic carboxylic acids is 1. The van der Waals surface area contributed by atoms with Crippen molar-refractivity contribution in [3.8, 4) is 23.0 Å². The van der Waals surface area contributed by atoms with Crippen molar-refractivity contribution in [2.75, 3.05) is 32.6 Å². The van der Waals surface area contributed by atoms with Crippen LogP contribution in [0.15, 0.2) is 69.9 Å². The van der Waals surface area contributed by atoms with E-state index in [9.17, 15) is 14.7 Å². The Morgan fingerprint density at radius 1 is 1.11 bits per heavy atom. The van der Waals surface area contributed by atoms with E-state index in [0.717, 1.165) is 33.9 Å². The van der Waals surface area contributed by atoms with Gasteiger partial charge in [-0.25, -0.2) is 9.37 Å². The minimum atomic E-state index is -1.22. The summed E-state index contributed by atoms with van der Waals surface area (Å²) >= 11 is 0. The Morgan fingerprint density at radius 3 is 2.55 bits per heavy atom. The van der Waals surface area contributed by atoms with Crippen LogP contribution in [0.1, 0.15) is 13.9 Å². The van der Waals surface area contributed by atoms with Gasteiger partial charge in [-0.1, -0.05) is 24.1 Å². The third-order valence-electron chi connectivity index (χ3n) is 6.96. The molecule has 2 heterocycles. The lowest BCUT2D eigenvalue weighted by molar-refractivity contribution is -0.130. The van der Waals surface area contributed by atoms with Crippen molar-refractivity contribution >= 4 is 44.5 Å². The van der Waals surface area contributed by atoms with E-state index < -0.39 is 5.97 Å². The van der Waals surface area contributed by atoms with Crippen molar-refractivity contribution in [1.82, 2.24) is 9.14 Å². The van der Waals surface area contributed by atoms with Gasteiger partial charge in [0.2, 0.25) is 5.36 Å². The van der Waals surface area contributed by atoms with Crippen molar-refractivity contribution in [3.63, 3.8) is 0 Å². The van der Waals surface area contributed by atoms with Gasteiger partial charge in [0, 0.05) is 73.8 Å². The van der Waals surface area contributed by atoms with Gasteiger partial charge in [-0.3, -0.25) is 4.79 Å². The van der Waals surface area contributed by atoms with Crippen LogP contribution in [-0.4, -0.2) is 43.3 Å². The summed E-state index contributed by atoms with van der Waals surface area (Å²) in [7, 11) is 7.68. The van der Waals surface area contributed by atoms with Gasteiger partial charge in [0.05, 0.1) is 10.9 Å². The number of rotatable bonds is 3. The number of nitrogens with zero attached hydrogens (tertiary/aromatic N) is 3. The molecule has 0 atom stereocenters. The van der Waals surface area contributed by atoms with Crippen LogP contribution in [0, 0.1) is 11.8 Å². The molecule has 0 aliphatic rings. The Kier molecular flexibility index (Phi) is 6.25. The van der Waals surface area contributed by atoms with Crippen LogP contribution in [0.25, 0.3) is 44.0 Å². The van der Waals surface area contributed by atoms with E-state index in [-0.39, 0.29) is 6.99 Å². The highest BCUT2D eigenvalue weighted by atomic mass is 16.4. The lowest BCUT2D eigenvalue weighted by Crippen LogP contribution is -2.24. The zero-order valence-corrected chi connectivity index (χ0v) is 22.0. The molecular formula is C31H30N3O4+. The number of pyridine rings is 1. The van der Waals surface area contributed by atoms with Gasteiger partial charge in [-0.15, -0.1) is 0 Å². The smallest absolute Gasteiger partial charge is 0.382 e. The predicted molar refractivity (Wildman–Crippen MR) is 155 cm³/mol. The van der Waals surface area contributed by atoms with Gasteiger partial charge in [0.15, 0.2) is 0 Å². The monoisotopic (exact) mass is 508 g/mol. The number of aryl methyl sites for hydroxylation is 1. The number of fused-ring (bicyclic) bond motifs is 4. The normalized spacial score (nSPS) is 11.0. The summed E-state index contributed by atoms with van der Waals surface area (Å²) in [6.45, 7) is 2.89. The van der Waals surface area contributed by atoms with Crippen LogP contribution in [-0.2, 0) is 11.8 Å². The van der Waals surface area contributed by atoms with Crippen LogP contribution >= 0.6 is 0 Å². The first-order chi connectivity index (χ1) is 18.2. The number of carboxylic acid groups (broad SMARTS) is 1. The molecule has 38 heavy (non-hydrogen) atoms. The largest absolute Gasteiger partial charge is 0.472 e. The van der Waals surface area contributed by atoms with E-state index in [2.05, 4.69) is 23.7 Å². The molecule has 0 aliphatic carbocycles. The Labute approximate surface area is 221 Å². The summed E-state index contributed by atoms with van der Waals surface area (Å²) in [6.07, 6.45) is 0. The summed E-state index contributed by atoms with van der Waals surface area (Å²) in [6, 6.07) is 19.2. The number of hydrogen-bond acceptors (Lipinski definition) is 4. The highest BCUT2D eigenvalue weighted by Crippen LogP contribution is 2.39. The quantitative estimate of drug-likeness (QED) is 0.170. The molecule has 0 spiro atoms. The molecule has 1 N–H and O–H groups in total. The lowest BCUT2D eigenvalue weighted by Gasteiger charge is -2.19. The van der Waals surface area contributed by atoms with Crippen LogP contribution in [0.5, 0.6) is 0 Å². The van der Waals surface area contributed by atoms with Crippen molar-refractivity contribution in [1.29, 1.82) is 0 Å². The van der Waals surface area contributed by atoms with E-state index in [1.165, 1.54) is 0 Å². The van der Waals surface area contributed by atoms with Crippen LogP contribution in [0.4, 0.5) is 5.69 Å². The summed E-state index contributed by atoms with van der Waals surface area (Å²) in [4.78, 5) is 27.4. The Morgan fingerprint density at radius 2 is 1.84 bits per heavy atom. The molecule has 192 valence electrons. The van der Waals surface area contributed by atoms with E-state index in [0.29, 0.717) is 33.2 Å². The summed E-state index contributed by atoms with van der Waals surface area (Å²) < 4.78 is 10.2. The van der Waals surface area contributed by atoms with Gasteiger partial charge < -0.3 is 19.0 Å². The molecular weight excluding hydrogens is 478 g/mol. The second-order valence-corrected chi connectivity index (χ2v) is 9.44. The second-order valence-electron chi connectivity index (χ2n) is 9.44. The molecule has 0 unspecified atom stereocenters. The number of anilines is 1. The minimum Gasteiger partial charge on any atom is -0.472 e. The van der Waals surface area contributed by atoms with Crippen molar-refractivity contribution < 1.29 is 15.7 Å². The number of benzene rings is 3. The van der Waals surface area contributed by atoms with Crippen molar-refractivity contribution in [2.24, 2.45) is 7.05 Å². The highest BCUT2D eigenvalue weighted by Gasteiger charge is 2.21. The number of hydrogen-bond donors (Lipinski definition) is 1. The number of carbonyl (C=O) groups is 1. The fraction of sp³-hybridized carbons (Fsp3) is 0.194. The molecule has 0 aliphatic heterocycles. The van der Waals surface area contributed by atoms with Gasteiger partial charge in [0.25, 0.3) is 5.56 Å². The Hall–Kier alpha value is -4.83. The zero-order valence-electron chi connectivity index (χ0n) is 22.0. The van der Waals surface area contributed by atoms with E-state index in [4.69, 9.17) is 4.42 Å². The third-order valence-corrected chi connectivity index (χ3v) is 6.96. The van der Waals surface area contributed by atoms with Gasteiger partial charge in [-0.2, -0.15) is 0 Å². The van der Waals surface area contributed by atoms with Crippen LogP contribution in [0.2, 0.25) is 0 Å². The standard InChI is InChI=1S/C31H27N3O4.H2/c1-6-33(4)21-13-15-24-26(18-21)38-30-23-14-12-20(32(2)3)17-25(23)34(5)31(37)29(30)28(24)22-10-8-7-9-19(22)11-16-27(35)36;/h7-10,12-15,17-18H,6H2,1-5H3;1H/p+1. The van der Waals surface area contributed by atoms with Crippen LogP contribution < -0.4 is 20.4 Å². The average molecular weight is 509 g/mol. The molecule has 5 aromatic rings. The van der Waals surface area contributed by atoms with E-state index in [1.807, 2.05) is 74.2 Å². The summed E-state index contributed by atoms with van der Waals surface area (Å²) in [5.74, 6) is 3.77. The molecule has 0 fully saturated rings. The Balaban J connectivity index is 0.00000353. The molecule has 2 aromatic heterocycles. The number of carboxylic acids is 1. The first kappa shape index (κ1) is 24.8. The third kappa shape index (κ3) is 4.10. The van der Waals surface area contributed by atoms with E-state index in [1.54, 1.807) is 23.7 Å². The maximum absolute atomic E-state index is 14.0. The fourth-order valence-electron chi connectivity index (χ4n) is 4.78. The number of aromatic nitrogens is 1. The molecule has 0 amide bonds. The first-order valence-corrected chi connectivity index (χ1v) is 12.3. The minimum absolute atomic E-state index is 0. The molecule has 7 nitrogen and oxygen atoms in total. The molecule has 0 bridgehead atoms. The lowest BCUT2D eigenvalue weighted by atomic mass is 9.93. The predicted octanol–water partition coefficient (Wildman–Crippen LogP) is 4.27. The topological polar surface area (TPSA) is 78.7 Å². The summed E-state index contributed by atoms with van der Waals surface area (Å²) in [5.41, 5.74) is 4.49. The fourth-order valence-corrected chi connectivity index (χ4v) is 4.78. The second kappa shape index (κ2) is 9.56. The van der Waals surface area contributed by atoms with Gasteiger partial charge >= 0.3 is 5.97 Å². The van der Waals surface area contributed by atoms with Crippen molar-refractivity contribution in [2.45, 2.75) is 6.92 Å². The maximum Gasteiger partial charge on any atom is 0.382 e. The van der Waals surface area contributed by atoms with Gasteiger partial charge in [0.1, 0.15) is 25.3 Å². The first-order valence-electron chi connectivity index (χ1n) is 12.3. The molecule has 0 saturated heterocycles. The van der Waals surface area contributed by atoms with Crippen LogP contribution in [0.3, 0.4) is 0 Å². The van der Waals surface area contributed by atoms with Crippen molar-refractivity contribution in [3.05, 3.63) is 81.9 Å². The van der Waals surface area contributed by atoms with Gasteiger partial charge in [-0.05, 0) is 36.8 Å². The molecule has 0 saturated carbocycles. The SMILES string of the molecule is CCN(C)c1ccc2c(-c3ccccc3C#CC(=O)O)c3c(=O)n(C)c4cc(=[N+](C)C)ccc4c3oc2c1.[HH]. The zero-order chi connectivity index (χ0) is 27.1. The summed E-state index contributed by atoms with van der Waals surface area (Å²) in [5, 5.41) is 12.1. The molecule has 5 rings (SSSR count). The molecule has 7 heteroatoms. The Bertz CT molecular complexity index is 1970. The highest BCUT2D eigenvalue weighted by molar-refractivity contribution is 6.15. The molecule has 3 aromatic carbocycles. The van der Waals surface area contributed by atoms with E-state index >= 15 is 0 Å². The average Bonchev–Trinajstić information content (AvgIpc) is 2.92. The maximum atomic E-state index is 14.0. The molecule has 0 radical (unpaired) electrons.